The summed E-state index contributed by atoms with van der Waals surface area (Å²) in [4.78, 5) is 12.7. The molecule has 1 saturated carbocycles. The van der Waals surface area contributed by atoms with Crippen molar-refractivity contribution in [2.45, 2.75) is 67.5 Å². The van der Waals surface area contributed by atoms with Gasteiger partial charge in [-0.05, 0) is 96.5 Å². The molecule has 5 rings (SSSR count). The number of thiophene rings is 1. The molecule has 3 unspecified atom stereocenters. The van der Waals surface area contributed by atoms with Crippen molar-refractivity contribution < 1.29 is 39.6 Å². The predicted octanol–water partition coefficient (Wildman–Crippen LogP) is 7.66. The number of hydrogen-bond donors (Lipinski definition) is 1. The van der Waals surface area contributed by atoms with E-state index in [1.54, 1.807) is 6.07 Å². The summed E-state index contributed by atoms with van der Waals surface area (Å²) in [6.45, 7) is 0. The number of Topliss-reactive ketones (excluding diaryl/α,β-unsaturated/α-hetero) is 1. The Morgan fingerprint density at radius 3 is 2.21 bits per heavy atom. The van der Waals surface area contributed by atoms with E-state index >= 15 is 0 Å². The van der Waals surface area contributed by atoms with Crippen molar-refractivity contribution in [3.05, 3.63) is 86.2 Å². The van der Waals surface area contributed by atoms with Gasteiger partial charge in [-0.2, -0.15) is 26.3 Å². The molecule has 13 heteroatoms. The summed E-state index contributed by atoms with van der Waals surface area (Å²) >= 11 is 6.92. The minimum atomic E-state index is -4.85. The van der Waals surface area contributed by atoms with Crippen molar-refractivity contribution in [3.8, 4) is 0 Å². The third-order valence-corrected chi connectivity index (χ3v) is 11.3. The molecular weight excluding hydrogens is 624 g/mol. The third-order valence-electron chi connectivity index (χ3n) is 8.08. The highest BCUT2D eigenvalue weighted by Gasteiger charge is 2.41. The average molecular weight is 650 g/mol. The van der Waals surface area contributed by atoms with Gasteiger partial charge in [-0.25, -0.2) is 13.1 Å². The van der Waals surface area contributed by atoms with Crippen molar-refractivity contribution in [1.82, 2.24) is 4.72 Å². The molecule has 3 atom stereocenters. The number of carbonyl (C=O) groups excluding carboxylic acids is 1. The van der Waals surface area contributed by atoms with Crippen molar-refractivity contribution >= 4 is 38.7 Å². The summed E-state index contributed by atoms with van der Waals surface area (Å²) in [6.07, 6.45) is -7.56. The lowest BCUT2D eigenvalue weighted by molar-refractivity contribution is -0.141. The van der Waals surface area contributed by atoms with Gasteiger partial charge in [0.2, 0.25) is 10.0 Å². The lowest BCUT2D eigenvalue weighted by Crippen LogP contribution is -2.41. The molecule has 1 N–H and O–H groups in total. The number of alkyl halides is 6. The molecule has 2 bridgehead atoms. The molecule has 1 fully saturated rings. The molecule has 0 amide bonds. The molecule has 2 aliphatic carbocycles. The van der Waals surface area contributed by atoms with Crippen LogP contribution < -0.4 is 4.72 Å². The van der Waals surface area contributed by atoms with Crippen LogP contribution in [0.2, 0.25) is 4.34 Å². The van der Waals surface area contributed by atoms with Gasteiger partial charge in [0.25, 0.3) is 0 Å². The van der Waals surface area contributed by atoms with E-state index in [2.05, 4.69) is 4.72 Å². The predicted molar refractivity (Wildman–Crippen MR) is 147 cm³/mol. The Bertz CT molecular complexity index is 1600. The third kappa shape index (κ3) is 6.87. The standard InChI is InChI=1S/C29H26ClF6NO3S2/c30-25-9-10-26(41-25)42(39,40)37-27-19-3-4-20(27)14-21-11-16(1-2-17(21)13-19)12-23(38)7-5-18-15-22(28(31,32)33)6-8-24(18)29(34,35)36/h1-2,6,8-11,15,19-20,27,37H,3-5,7,12-14H2. The van der Waals surface area contributed by atoms with Gasteiger partial charge in [-0.3, -0.25) is 4.79 Å². The minimum Gasteiger partial charge on any atom is -0.299 e. The fraction of sp³-hybridized carbons (Fsp3) is 0.414. The summed E-state index contributed by atoms with van der Waals surface area (Å²) < 4.78 is 109. The molecule has 226 valence electrons. The molecule has 42 heavy (non-hydrogen) atoms. The van der Waals surface area contributed by atoms with Crippen LogP contribution in [0.4, 0.5) is 26.3 Å². The highest BCUT2D eigenvalue weighted by Crippen LogP contribution is 2.42. The molecule has 0 saturated heterocycles. The first-order valence-corrected chi connectivity index (χ1v) is 16.0. The maximum atomic E-state index is 13.4. The van der Waals surface area contributed by atoms with Crippen LogP contribution >= 0.6 is 22.9 Å². The number of nitrogens with one attached hydrogen (secondary N) is 1. The van der Waals surface area contributed by atoms with Gasteiger partial charge < -0.3 is 0 Å². The van der Waals surface area contributed by atoms with Crippen LogP contribution in [0.1, 0.15) is 52.6 Å². The zero-order chi connectivity index (χ0) is 30.4. The van der Waals surface area contributed by atoms with E-state index in [-0.39, 0.29) is 34.9 Å². The molecule has 2 aromatic carbocycles. The Hall–Kier alpha value is -2.41. The fourth-order valence-electron chi connectivity index (χ4n) is 6.09. The Morgan fingerprint density at radius 1 is 0.905 bits per heavy atom. The number of carbonyl (C=O) groups is 1. The van der Waals surface area contributed by atoms with Gasteiger partial charge in [0.05, 0.1) is 15.5 Å². The van der Waals surface area contributed by atoms with Gasteiger partial charge in [0, 0.05) is 18.9 Å². The van der Waals surface area contributed by atoms with Gasteiger partial charge in [-0.1, -0.05) is 29.8 Å². The largest absolute Gasteiger partial charge is 0.416 e. The van der Waals surface area contributed by atoms with Crippen LogP contribution in [0.15, 0.2) is 52.7 Å². The van der Waals surface area contributed by atoms with Crippen LogP contribution in [-0.2, 0) is 52.9 Å². The van der Waals surface area contributed by atoms with Crippen molar-refractivity contribution in [2.24, 2.45) is 11.8 Å². The summed E-state index contributed by atoms with van der Waals surface area (Å²) in [5.41, 5.74) is -0.244. The summed E-state index contributed by atoms with van der Waals surface area (Å²) in [5.74, 6) is -0.241. The number of ketones is 1. The maximum Gasteiger partial charge on any atom is 0.416 e. The first-order chi connectivity index (χ1) is 19.6. The second kappa shape index (κ2) is 11.6. The lowest BCUT2D eigenvalue weighted by atomic mass is 9.90. The molecule has 2 aliphatic rings. The topological polar surface area (TPSA) is 63.2 Å². The van der Waals surface area contributed by atoms with Crippen LogP contribution in [-0.4, -0.2) is 20.2 Å². The minimum absolute atomic E-state index is 0.0501. The van der Waals surface area contributed by atoms with E-state index in [4.69, 9.17) is 11.6 Å². The molecule has 1 aromatic heterocycles. The second-order valence-electron chi connectivity index (χ2n) is 10.9. The van der Waals surface area contributed by atoms with Crippen LogP contribution in [0, 0.1) is 11.8 Å². The summed E-state index contributed by atoms with van der Waals surface area (Å²) in [5, 5.41) is 0. The van der Waals surface area contributed by atoms with Crippen molar-refractivity contribution in [3.63, 3.8) is 0 Å². The number of sulfonamides is 1. The first-order valence-electron chi connectivity index (χ1n) is 13.3. The molecule has 0 spiro atoms. The Morgan fingerprint density at radius 2 is 1.60 bits per heavy atom. The van der Waals surface area contributed by atoms with Gasteiger partial charge in [-0.15, -0.1) is 11.3 Å². The van der Waals surface area contributed by atoms with Gasteiger partial charge in [0.15, 0.2) is 0 Å². The number of halogens is 7. The Labute approximate surface area is 248 Å². The monoisotopic (exact) mass is 649 g/mol. The quantitative estimate of drug-likeness (QED) is 0.255. The second-order valence-corrected chi connectivity index (χ2v) is 14.6. The summed E-state index contributed by atoms with van der Waals surface area (Å²) in [7, 11) is -3.74. The molecule has 0 radical (unpaired) electrons. The molecule has 4 nitrogen and oxygen atoms in total. The molecule has 0 aliphatic heterocycles. The van der Waals surface area contributed by atoms with Crippen LogP contribution in [0.5, 0.6) is 0 Å². The number of aryl methyl sites for hydroxylation is 1. The zero-order valence-corrected chi connectivity index (χ0v) is 24.4. The number of benzene rings is 2. The molecular formula is C29H26ClF6NO3S2. The van der Waals surface area contributed by atoms with E-state index < -0.39 is 51.3 Å². The zero-order valence-electron chi connectivity index (χ0n) is 22.0. The van der Waals surface area contributed by atoms with E-state index in [0.29, 0.717) is 40.9 Å². The highest BCUT2D eigenvalue weighted by molar-refractivity contribution is 7.91. The number of hydrogen-bond acceptors (Lipinski definition) is 4. The van der Waals surface area contributed by atoms with Crippen molar-refractivity contribution in [2.75, 3.05) is 0 Å². The van der Waals surface area contributed by atoms with E-state index in [1.807, 2.05) is 12.1 Å². The van der Waals surface area contributed by atoms with E-state index in [9.17, 15) is 39.6 Å². The highest BCUT2D eigenvalue weighted by atomic mass is 35.5. The SMILES string of the molecule is O=C(CCc1cc(C(F)(F)F)ccc1C(F)(F)F)Cc1ccc2c(c1)CC1CCC(C2)C1NS(=O)(=O)c1ccc(Cl)s1. The van der Waals surface area contributed by atoms with E-state index in [1.165, 1.54) is 12.1 Å². The smallest absolute Gasteiger partial charge is 0.299 e. The van der Waals surface area contributed by atoms with E-state index in [0.717, 1.165) is 35.3 Å². The Balaban J connectivity index is 1.27. The van der Waals surface area contributed by atoms with Gasteiger partial charge in [0.1, 0.15) is 9.99 Å². The average Bonchev–Trinajstić information content (AvgIpc) is 3.44. The Kier molecular flexibility index (Phi) is 8.56. The summed E-state index contributed by atoms with van der Waals surface area (Å²) in [6, 6.07) is 9.57. The van der Waals surface area contributed by atoms with Crippen molar-refractivity contribution in [1.29, 1.82) is 0 Å². The number of fused-ring (bicyclic) bond motifs is 3. The number of rotatable bonds is 8. The fourth-order valence-corrected chi connectivity index (χ4v) is 8.96. The maximum absolute atomic E-state index is 13.4. The molecule has 3 aromatic rings. The van der Waals surface area contributed by atoms with Crippen LogP contribution in [0.3, 0.4) is 0 Å². The first kappa shape index (κ1) is 31.0. The lowest BCUT2D eigenvalue weighted by Gasteiger charge is -2.23. The normalized spacial score (nSPS) is 20.8. The van der Waals surface area contributed by atoms with Crippen LogP contribution in [0.25, 0.3) is 0 Å². The van der Waals surface area contributed by atoms with Gasteiger partial charge >= 0.3 is 12.4 Å². The molecule has 1 heterocycles.